The van der Waals surface area contributed by atoms with Crippen LogP contribution in [0.15, 0.2) is 18.3 Å². The maximum atomic E-state index is 5.83. The predicted octanol–water partition coefficient (Wildman–Crippen LogP) is 2.52. The molecule has 1 N–H and O–H groups in total. The van der Waals surface area contributed by atoms with Gasteiger partial charge in [-0.25, -0.2) is 0 Å². The topological polar surface area (TPSA) is 28.7 Å². The first-order valence-electron chi connectivity index (χ1n) is 3.36. The molecule has 1 aromatic carbocycles. The lowest BCUT2D eigenvalue weighted by atomic mass is 10.1. The minimum absolute atomic E-state index is 0.749. The van der Waals surface area contributed by atoms with Crippen molar-refractivity contribution in [3.63, 3.8) is 0 Å². The van der Waals surface area contributed by atoms with E-state index in [9.17, 15) is 0 Å². The largest absolute Gasteiger partial charge is 0.278 e. The minimum atomic E-state index is 0.749. The van der Waals surface area contributed by atoms with E-state index >= 15 is 0 Å². The number of hydrogen-bond donors (Lipinski definition) is 1. The van der Waals surface area contributed by atoms with E-state index in [4.69, 9.17) is 11.6 Å². The number of hydrogen-bond acceptors (Lipinski definition) is 1. The summed E-state index contributed by atoms with van der Waals surface area (Å²) < 4.78 is 0. The van der Waals surface area contributed by atoms with Crippen LogP contribution >= 0.6 is 11.6 Å². The molecule has 0 radical (unpaired) electrons. The summed E-state index contributed by atoms with van der Waals surface area (Å²) in [6.45, 7) is 2.02. The Morgan fingerprint density at radius 2 is 2.27 bits per heavy atom. The summed E-state index contributed by atoms with van der Waals surface area (Å²) in [5, 5.41) is 8.67. The molecular formula is C8H7ClN2. The third-order valence-corrected chi connectivity index (χ3v) is 1.95. The molecule has 0 saturated heterocycles. The Labute approximate surface area is 69.2 Å². The number of aromatic amines is 1. The standard InChI is InChI=1S/C8H7ClN2/c1-5-2-6(9)3-8-7(5)4-10-11-8/h2-4H,1H3,(H,10,11). The third kappa shape index (κ3) is 0.994. The highest BCUT2D eigenvalue weighted by Crippen LogP contribution is 2.20. The summed E-state index contributed by atoms with van der Waals surface area (Å²) in [5.74, 6) is 0. The quantitative estimate of drug-likeness (QED) is 0.640. The Kier molecular flexibility index (Phi) is 1.36. The van der Waals surface area contributed by atoms with Crippen LogP contribution in [-0.2, 0) is 0 Å². The molecule has 11 heavy (non-hydrogen) atoms. The molecule has 3 heteroatoms. The van der Waals surface area contributed by atoms with Crippen molar-refractivity contribution in [1.29, 1.82) is 0 Å². The van der Waals surface area contributed by atoms with E-state index in [1.165, 1.54) is 0 Å². The monoisotopic (exact) mass is 166 g/mol. The Balaban J connectivity index is 2.91. The van der Waals surface area contributed by atoms with Crippen LogP contribution in [0.4, 0.5) is 0 Å². The average molecular weight is 167 g/mol. The van der Waals surface area contributed by atoms with E-state index in [-0.39, 0.29) is 0 Å². The van der Waals surface area contributed by atoms with Gasteiger partial charge in [-0.1, -0.05) is 11.6 Å². The molecule has 2 rings (SSSR count). The second-order valence-corrected chi connectivity index (χ2v) is 2.99. The Morgan fingerprint density at radius 1 is 1.45 bits per heavy atom. The summed E-state index contributed by atoms with van der Waals surface area (Å²) in [6.07, 6.45) is 1.81. The zero-order chi connectivity index (χ0) is 7.84. The molecule has 0 aliphatic rings. The van der Waals surface area contributed by atoms with Gasteiger partial charge in [-0.05, 0) is 24.6 Å². The van der Waals surface area contributed by atoms with E-state index in [1.807, 2.05) is 19.1 Å². The normalized spacial score (nSPS) is 10.7. The molecule has 0 atom stereocenters. The number of nitrogens with zero attached hydrogens (tertiary/aromatic N) is 1. The molecule has 0 amide bonds. The number of benzene rings is 1. The van der Waals surface area contributed by atoms with Gasteiger partial charge < -0.3 is 0 Å². The van der Waals surface area contributed by atoms with Crippen molar-refractivity contribution in [2.45, 2.75) is 6.92 Å². The van der Waals surface area contributed by atoms with Gasteiger partial charge in [0, 0.05) is 10.4 Å². The first-order valence-corrected chi connectivity index (χ1v) is 3.74. The summed E-state index contributed by atoms with van der Waals surface area (Å²) in [6, 6.07) is 3.80. The van der Waals surface area contributed by atoms with Crippen LogP contribution in [0.3, 0.4) is 0 Å². The number of halogens is 1. The van der Waals surface area contributed by atoms with E-state index in [0.29, 0.717) is 0 Å². The van der Waals surface area contributed by atoms with Crippen molar-refractivity contribution in [3.8, 4) is 0 Å². The first kappa shape index (κ1) is 6.68. The SMILES string of the molecule is Cc1cc(Cl)cc2[nH]ncc12. The zero-order valence-corrected chi connectivity index (χ0v) is 6.81. The van der Waals surface area contributed by atoms with Crippen molar-refractivity contribution in [3.05, 3.63) is 28.9 Å². The van der Waals surface area contributed by atoms with Gasteiger partial charge in [-0.2, -0.15) is 5.10 Å². The third-order valence-electron chi connectivity index (χ3n) is 1.73. The molecule has 0 aliphatic carbocycles. The van der Waals surface area contributed by atoms with Crippen molar-refractivity contribution in [2.24, 2.45) is 0 Å². The number of fused-ring (bicyclic) bond motifs is 1. The van der Waals surface area contributed by atoms with Crippen molar-refractivity contribution < 1.29 is 0 Å². The van der Waals surface area contributed by atoms with Crippen molar-refractivity contribution >= 4 is 22.5 Å². The molecule has 0 spiro atoms. The van der Waals surface area contributed by atoms with Gasteiger partial charge >= 0.3 is 0 Å². The molecule has 2 aromatic rings. The summed E-state index contributed by atoms with van der Waals surface area (Å²) >= 11 is 5.83. The van der Waals surface area contributed by atoms with E-state index in [2.05, 4.69) is 10.2 Å². The van der Waals surface area contributed by atoms with Crippen LogP contribution in [0.5, 0.6) is 0 Å². The summed E-state index contributed by atoms with van der Waals surface area (Å²) in [7, 11) is 0. The highest BCUT2D eigenvalue weighted by atomic mass is 35.5. The Bertz CT molecular complexity index is 392. The highest BCUT2D eigenvalue weighted by Gasteiger charge is 1.99. The predicted molar refractivity (Wildman–Crippen MR) is 45.8 cm³/mol. The lowest BCUT2D eigenvalue weighted by Crippen LogP contribution is -1.74. The van der Waals surface area contributed by atoms with E-state index in [0.717, 1.165) is 21.5 Å². The van der Waals surface area contributed by atoms with Gasteiger partial charge in [-0.15, -0.1) is 0 Å². The lowest BCUT2D eigenvalue weighted by Gasteiger charge is -1.94. The Morgan fingerprint density at radius 3 is 3.09 bits per heavy atom. The highest BCUT2D eigenvalue weighted by molar-refractivity contribution is 6.31. The van der Waals surface area contributed by atoms with Gasteiger partial charge in [-0.3, -0.25) is 5.10 Å². The number of aromatic nitrogens is 2. The molecule has 0 unspecified atom stereocenters. The zero-order valence-electron chi connectivity index (χ0n) is 6.06. The number of aryl methyl sites for hydroxylation is 1. The molecule has 0 bridgehead atoms. The Hall–Kier alpha value is -1.02. The molecule has 2 nitrogen and oxygen atoms in total. The summed E-state index contributed by atoms with van der Waals surface area (Å²) in [5.41, 5.74) is 2.15. The van der Waals surface area contributed by atoms with Crippen LogP contribution < -0.4 is 0 Å². The van der Waals surface area contributed by atoms with Crippen LogP contribution in [0, 0.1) is 6.92 Å². The average Bonchev–Trinajstić information content (AvgIpc) is 2.34. The fraction of sp³-hybridized carbons (Fsp3) is 0.125. The molecule has 56 valence electrons. The van der Waals surface area contributed by atoms with Gasteiger partial charge in [0.15, 0.2) is 0 Å². The van der Waals surface area contributed by atoms with Crippen molar-refractivity contribution in [2.75, 3.05) is 0 Å². The smallest absolute Gasteiger partial charge is 0.0667 e. The first-order chi connectivity index (χ1) is 5.27. The van der Waals surface area contributed by atoms with E-state index in [1.54, 1.807) is 6.20 Å². The fourth-order valence-corrected chi connectivity index (χ4v) is 1.46. The fourth-order valence-electron chi connectivity index (χ4n) is 1.18. The second kappa shape index (κ2) is 2.24. The van der Waals surface area contributed by atoms with Crippen LogP contribution in [0.2, 0.25) is 5.02 Å². The lowest BCUT2D eigenvalue weighted by molar-refractivity contribution is 1.12. The van der Waals surface area contributed by atoms with Gasteiger partial charge in [0.1, 0.15) is 0 Å². The molecular weight excluding hydrogens is 160 g/mol. The van der Waals surface area contributed by atoms with Crippen LogP contribution in [-0.4, -0.2) is 10.2 Å². The summed E-state index contributed by atoms with van der Waals surface area (Å²) in [4.78, 5) is 0. The molecule has 0 fully saturated rings. The van der Waals surface area contributed by atoms with Gasteiger partial charge in [0.05, 0.1) is 11.7 Å². The number of nitrogens with one attached hydrogen (secondary N) is 1. The number of rotatable bonds is 0. The second-order valence-electron chi connectivity index (χ2n) is 2.55. The molecule has 0 saturated carbocycles. The minimum Gasteiger partial charge on any atom is -0.278 e. The van der Waals surface area contributed by atoms with Gasteiger partial charge in [0.25, 0.3) is 0 Å². The molecule has 1 aromatic heterocycles. The molecule has 1 heterocycles. The van der Waals surface area contributed by atoms with Gasteiger partial charge in [0.2, 0.25) is 0 Å². The molecule has 0 aliphatic heterocycles. The van der Waals surface area contributed by atoms with Crippen molar-refractivity contribution in [1.82, 2.24) is 10.2 Å². The number of H-pyrrole nitrogens is 1. The maximum absolute atomic E-state index is 5.83. The maximum Gasteiger partial charge on any atom is 0.0667 e. The van der Waals surface area contributed by atoms with Crippen LogP contribution in [0.1, 0.15) is 5.56 Å². The van der Waals surface area contributed by atoms with E-state index < -0.39 is 0 Å². The van der Waals surface area contributed by atoms with Crippen LogP contribution in [0.25, 0.3) is 10.9 Å².